The third-order valence-electron chi connectivity index (χ3n) is 2.76. The fourth-order valence-electron chi connectivity index (χ4n) is 1.62. The monoisotopic (exact) mass is 287 g/mol. The molecule has 2 rings (SSSR count). The number of amides is 1. The number of nitrogens with zero attached hydrogens (tertiary/aromatic N) is 4. The number of anilines is 1. The van der Waals surface area contributed by atoms with Gasteiger partial charge < -0.3 is 15.0 Å². The lowest BCUT2D eigenvalue weighted by atomic mass is 10.2. The number of rotatable bonds is 5. The van der Waals surface area contributed by atoms with Crippen LogP contribution < -0.4 is 15.0 Å². The highest BCUT2D eigenvalue weighted by Gasteiger charge is 2.08. The number of hydrogen-bond acceptors (Lipinski definition) is 6. The van der Waals surface area contributed by atoms with Crippen LogP contribution in [0.25, 0.3) is 0 Å². The number of ether oxygens (including phenoxy) is 1. The maximum Gasteiger partial charge on any atom is 0.253 e. The molecule has 0 radical (unpaired) electrons. The fourth-order valence-corrected chi connectivity index (χ4v) is 1.62. The average molecular weight is 287 g/mol. The molecule has 2 aromatic rings. The van der Waals surface area contributed by atoms with Crippen molar-refractivity contribution in [2.75, 3.05) is 26.1 Å². The van der Waals surface area contributed by atoms with Gasteiger partial charge in [-0.3, -0.25) is 4.79 Å². The number of pyridine rings is 1. The summed E-state index contributed by atoms with van der Waals surface area (Å²) in [6.45, 7) is 0.256. The molecule has 0 aromatic carbocycles. The Hall–Kier alpha value is -2.70. The number of carbonyl (C=O) groups excluding carboxylic acids is 1. The van der Waals surface area contributed by atoms with E-state index >= 15 is 0 Å². The summed E-state index contributed by atoms with van der Waals surface area (Å²) in [5, 5.41) is 2.76. The molecule has 0 fully saturated rings. The molecule has 0 aliphatic heterocycles. The first kappa shape index (κ1) is 14.7. The Labute approximate surface area is 123 Å². The largest absolute Gasteiger partial charge is 0.481 e. The van der Waals surface area contributed by atoms with Gasteiger partial charge in [0.1, 0.15) is 11.6 Å². The summed E-state index contributed by atoms with van der Waals surface area (Å²) in [5.74, 6) is 1.58. The first-order chi connectivity index (χ1) is 10.1. The molecule has 7 nitrogen and oxygen atoms in total. The topological polar surface area (TPSA) is 80.2 Å². The van der Waals surface area contributed by atoms with Gasteiger partial charge >= 0.3 is 0 Å². The van der Waals surface area contributed by atoms with E-state index in [4.69, 9.17) is 4.74 Å². The van der Waals surface area contributed by atoms with Crippen LogP contribution in [0.3, 0.4) is 0 Å². The lowest BCUT2D eigenvalue weighted by molar-refractivity contribution is 0.0949. The van der Waals surface area contributed by atoms with Crippen molar-refractivity contribution in [2.24, 2.45) is 0 Å². The molecule has 0 saturated carbocycles. The molecular weight excluding hydrogens is 270 g/mol. The lowest BCUT2D eigenvalue weighted by Gasteiger charge is -2.11. The molecule has 2 aromatic heterocycles. The van der Waals surface area contributed by atoms with E-state index in [0.29, 0.717) is 17.3 Å². The maximum atomic E-state index is 12.0. The summed E-state index contributed by atoms with van der Waals surface area (Å²) in [4.78, 5) is 26.3. The van der Waals surface area contributed by atoms with Crippen LogP contribution >= 0.6 is 0 Å². The number of nitrogens with one attached hydrogen (secondary N) is 1. The molecule has 110 valence electrons. The number of carbonyl (C=O) groups is 1. The molecule has 0 aliphatic rings. The van der Waals surface area contributed by atoms with Gasteiger partial charge in [-0.1, -0.05) is 0 Å². The Kier molecular flexibility index (Phi) is 4.65. The van der Waals surface area contributed by atoms with Crippen LogP contribution in [0.15, 0.2) is 30.6 Å². The first-order valence-corrected chi connectivity index (χ1v) is 6.37. The van der Waals surface area contributed by atoms with E-state index in [0.717, 1.165) is 5.82 Å². The van der Waals surface area contributed by atoms with Crippen LogP contribution in [-0.2, 0) is 6.54 Å². The van der Waals surface area contributed by atoms with E-state index in [1.165, 1.54) is 13.3 Å². The summed E-state index contributed by atoms with van der Waals surface area (Å²) in [6.07, 6.45) is 3.13. The Morgan fingerprint density at radius 3 is 2.71 bits per heavy atom. The second-order valence-electron chi connectivity index (χ2n) is 4.50. The summed E-state index contributed by atoms with van der Waals surface area (Å²) >= 11 is 0. The normalized spacial score (nSPS) is 10.0. The van der Waals surface area contributed by atoms with Crippen LogP contribution in [0, 0.1) is 0 Å². The molecule has 0 bridgehead atoms. The minimum Gasteiger partial charge on any atom is -0.481 e. The summed E-state index contributed by atoms with van der Waals surface area (Å²) in [5.41, 5.74) is 0.458. The average Bonchev–Trinajstić information content (AvgIpc) is 2.53. The first-order valence-electron chi connectivity index (χ1n) is 6.37. The van der Waals surface area contributed by atoms with Crippen LogP contribution in [0.4, 0.5) is 5.82 Å². The van der Waals surface area contributed by atoms with Crippen molar-refractivity contribution in [1.82, 2.24) is 20.3 Å². The van der Waals surface area contributed by atoms with E-state index < -0.39 is 0 Å². The van der Waals surface area contributed by atoms with E-state index in [1.54, 1.807) is 24.4 Å². The predicted molar refractivity (Wildman–Crippen MR) is 78.3 cm³/mol. The third kappa shape index (κ3) is 3.88. The molecule has 1 amide bonds. The second-order valence-corrected chi connectivity index (χ2v) is 4.50. The van der Waals surface area contributed by atoms with Crippen LogP contribution in [0.5, 0.6) is 5.88 Å². The van der Waals surface area contributed by atoms with E-state index in [9.17, 15) is 4.79 Å². The van der Waals surface area contributed by atoms with Crippen molar-refractivity contribution in [3.63, 3.8) is 0 Å². The van der Waals surface area contributed by atoms with Gasteiger partial charge in [-0.15, -0.1) is 0 Å². The van der Waals surface area contributed by atoms with Gasteiger partial charge in [-0.2, -0.15) is 0 Å². The van der Waals surface area contributed by atoms with Gasteiger partial charge in [0, 0.05) is 32.6 Å². The second kappa shape index (κ2) is 6.65. The zero-order chi connectivity index (χ0) is 15.2. The SMILES string of the molecule is COc1ccc(C(=O)NCc2nccc(N(C)C)n2)cn1. The van der Waals surface area contributed by atoms with Gasteiger partial charge in [0.15, 0.2) is 0 Å². The zero-order valence-corrected chi connectivity index (χ0v) is 12.2. The molecule has 0 atom stereocenters. The summed E-state index contributed by atoms with van der Waals surface area (Å²) in [7, 11) is 5.32. The van der Waals surface area contributed by atoms with Crippen LogP contribution in [-0.4, -0.2) is 42.1 Å². The van der Waals surface area contributed by atoms with Crippen molar-refractivity contribution in [1.29, 1.82) is 0 Å². The number of aromatic nitrogens is 3. The third-order valence-corrected chi connectivity index (χ3v) is 2.76. The standard InChI is InChI=1S/C14H17N5O2/c1-19(2)12-6-7-15-11(18-12)9-17-14(20)10-4-5-13(21-3)16-8-10/h4-8H,9H2,1-3H3,(H,17,20). The minimum atomic E-state index is -0.232. The summed E-state index contributed by atoms with van der Waals surface area (Å²) < 4.78 is 4.95. The van der Waals surface area contributed by atoms with Gasteiger partial charge in [0.2, 0.25) is 5.88 Å². The van der Waals surface area contributed by atoms with Gasteiger partial charge in [-0.05, 0) is 12.1 Å². The Morgan fingerprint density at radius 2 is 2.10 bits per heavy atom. The van der Waals surface area contributed by atoms with E-state index in [2.05, 4.69) is 20.3 Å². The van der Waals surface area contributed by atoms with Crippen molar-refractivity contribution < 1.29 is 9.53 Å². The Bertz CT molecular complexity index is 613. The van der Waals surface area contributed by atoms with Gasteiger partial charge in [0.25, 0.3) is 5.91 Å². The number of hydrogen-bond donors (Lipinski definition) is 1. The summed E-state index contributed by atoms with van der Waals surface area (Å²) in [6, 6.07) is 5.09. The van der Waals surface area contributed by atoms with E-state index in [-0.39, 0.29) is 12.5 Å². The quantitative estimate of drug-likeness (QED) is 0.879. The molecular formula is C14H17N5O2. The Balaban J connectivity index is 1.98. The zero-order valence-electron chi connectivity index (χ0n) is 12.2. The maximum absolute atomic E-state index is 12.0. The van der Waals surface area contributed by atoms with Crippen molar-refractivity contribution in [3.8, 4) is 5.88 Å². The van der Waals surface area contributed by atoms with Crippen LogP contribution in [0.2, 0.25) is 0 Å². The molecule has 0 unspecified atom stereocenters. The highest BCUT2D eigenvalue weighted by molar-refractivity contribution is 5.93. The highest BCUT2D eigenvalue weighted by Crippen LogP contribution is 2.07. The van der Waals surface area contributed by atoms with Gasteiger partial charge in [0.05, 0.1) is 19.2 Å². The molecule has 0 saturated heterocycles. The molecule has 2 heterocycles. The Morgan fingerprint density at radius 1 is 1.29 bits per heavy atom. The minimum absolute atomic E-state index is 0.232. The molecule has 0 aliphatic carbocycles. The van der Waals surface area contributed by atoms with Crippen molar-refractivity contribution in [3.05, 3.63) is 42.0 Å². The number of methoxy groups -OCH3 is 1. The highest BCUT2D eigenvalue weighted by atomic mass is 16.5. The van der Waals surface area contributed by atoms with Crippen LogP contribution in [0.1, 0.15) is 16.2 Å². The van der Waals surface area contributed by atoms with E-state index in [1.807, 2.05) is 19.0 Å². The van der Waals surface area contributed by atoms with Crippen molar-refractivity contribution >= 4 is 11.7 Å². The van der Waals surface area contributed by atoms with Gasteiger partial charge in [-0.25, -0.2) is 15.0 Å². The molecule has 7 heteroatoms. The lowest BCUT2D eigenvalue weighted by Crippen LogP contribution is -2.24. The predicted octanol–water partition coefficient (Wildman–Crippen LogP) is 0.876. The fraction of sp³-hybridized carbons (Fsp3) is 0.286. The molecule has 0 spiro atoms. The van der Waals surface area contributed by atoms with Crippen molar-refractivity contribution in [2.45, 2.75) is 6.54 Å². The molecule has 1 N–H and O–H groups in total. The smallest absolute Gasteiger partial charge is 0.253 e. The molecule has 21 heavy (non-hydrogen) atoms.